The Morgan fingerprint density at radius 2 is 1.68 bits per heavy atom. The molecular weight excluding hydrogens is 434 g/mol. The average Bonchev–Trinajstić information content (AvgIpc) is 2.78. The molecule has 0 spiro atoms. The van der Waals surface area contributed by atoms with E-state index in [0.29, 0.717) is 23.2 Å². The van der Waals surface area contributed by atoms with E-state index in [0.717, 1.165) is 57.8 Å². The zero-order chi connectivity index (χ0) is 24.9. The van der Waals surface area contributed by atoms with Crippen LogP contribution in [0.1, 0.15) is 33.6 Å². The Morgan fingerprint density at radius 1 is 1.03 bits per heavy atom. The van der Waals surface area contributed by atoms with Gasteiger partial charge in [-0.05, 0) is 52.8 Å². The summed E-state index contributed by atoms with van der Waals surface area (Å²) in [6.45, 7) is 15.2. The first-order chi connectivity index (χ1) is 16.1. The van der Waals surface area contributed by atoms with Crippen molar-refractivity contribution in [3.63, 3.8) is 0 Å². The minimum Gasteiger partial charge on any atom is -0.494 e. The largest absolute Gasteiger partial charge is 0.494 e. The third-order valence-corrected chi connectivity index (χ3v) is 6.26. The van der Waals surface area contributed by atoms with E-state index in [-0.39, 0.29) is 5.91 Å². The van der Waals surface area contributed by atoms with Crippen molar-refractivity contribution in [2.24, 2.45) is 0 Å². The van der Waals surface area contributed by atoms with Crippen LogP contribution in [0.25, 0.3) is 0 Å². The summed E-state index contributed by atoms with van der Waals surface area (Å²) in [5.74, 6) is 0.181. The standard InChI is InChI=1S/C25H39N5O4/c1-7-23(31)26-19-16-20(27-24(32)34-25(2,3)4)22(33-6)17-21(19)30-10-8-18(9-11-30)29-14-12-28(5)13-15-29/h7,16-18H,1,8-15H2,2-6H3,(H,26,31)(H,27,32). The lowest BCUT2D eigenvalue weighted by Gasteiger charge is -2.43. The van der Waals surface area contributed by atoms with Crippen molar-refractivity contribution >= 4 is 29.1 Å². The van der Waals surface area contributed by atoms with Crippen molar-refractivity contribution in [2.75, 3.05) is 69.0 Å². The second kappa shape index (κ2) is 11.1. The van der Waals surface area contributed by atoms with E-state index in [2.05, 4.69) is 39.0 Å². The minimum atomic E-state index is -0.634. The number of rotatable bonds is 6. The number of piperazine rings is 1. The lowest BCUT2D eigenvalue weighted by Crippen LogP contribution is -2.52. The Balaban J connectivity index is 1.79. The lowest BCUT2D eigenvalue weighted by molar-refractivity contribution is -0.111. The van der Waals surface area contributed by atoms with Crippen molar-refractivity contribution in [1.29, 1.82) is 0 Å². The van der Waals surface area contributed by atoms with Gasteiger partial charge in [-0.25, -0.2) is 4.79 Å². The first-order valence-corrected chi connectivity index (χ1v) is 11.9. The summed E-state index contributed by atoms with van der Waals surface area (Å²) in [5, 5.41) is 5.63. The number of hydrogen-bond donors (Lipinski definition) is 2. The number of nitrogens with one attached hydrogen (secondary N) is 2. The van der Waals surface area contributed by atoms with Crippen LogP contribution in [0, 0.1) is 0 Å². The molecule has 0 radical (unpaired) electrons. The fourth-order valence-corrected chi connectivity index (χ4v) is 4.45. The van der Waals surface area contributed by atoms with Crippen molar-refractivity contribution in [3.05, 3.63) is 24.8 Å². The molecule has 34 heavy (non-hydrogen) atoms. The highest BCUT2D eigenvalue weighted by Gasteiger charge is 2.28. The summed E-state index contributed by atoms with van der Waals surface area (Å²) in [4.78, 5) is 31.8. The Morgan fingerprint density at radius 3 is 2.24 bits per heavy atom. The maximum atomic E-state index is 12.4. The number of ether oxygens (including phenoxy) is 2. The van der Waals surface area contributed by atoms with E-state index in [1.165, 1.54) is 6.08 Å². The number of nitrogens with zero attached hydrogens (tertiary/aromatic N) is 3. The summed E-state index contributed by atoms with van der Waals surface area (Å²) in [7, 11) is 3.73. The van der Waals surface area contributed by atoms with Crippen LogP contribution < -0.4 is 20.3 Å². The molecule has 188 valence electrons. The van der Waals surface area contributed by atoms with E-state index in [1.807, 2.05) is 6.07 Å². The van der Waals surface area contributed by atoms with Crippen molar-refractivity contribution in [1.82, 2.24) is 9.80 Å². The van der Waals surface area contributed by atoms with Crippen LogP contribution in [0.3, 0.4) is 0 Å². The molecule has 2 N–H and O–H groups in total. The predicted molar refractivity (Wildman–Crippen MR) is 136 cm³/mol. The third-order valence-electron chi connectivity index (χ3n) is 6.26. The van der Waals surface area contributed by atoms with Crippen LogP contribution >= 0.6 is 0 Å². The highest BCUT2D eigenvalue weighted by molar-refractivity contribution is 6.02. The van der Waals surface area contributed by atoms with Crippen molar-refractivity contribution in [2.45, 2.75) is 45.3 Å². The lowest BCUT2D eigenvalue weighted by atomic mass is 10.0. The molecule has 0 unspecified atom stereocenters. The molecule has 2 aliphatic rings. The van der Waals surface area contributed by atoms with Crippen LogP contribution in [-0.2, 0) is 9.53 Å². The van der Waals surface area contributed by atoms with Gasteiger partial charge in [0.15, 0.2) is 0 Å². The third kappa shape index (κ3) is 6.87. The summed E-state index contributed by atoms with van der Waals surface area (Å²) in [6, 6.07) is 4.15. The molecule has 9 nitrogen and oxygen atoms in total. The Bertz CT molecular complexity index is 882. The summed E-state index contributed by atoms with van der Waals surface area (Å²) < 4.78 is 11.0. The number of hydrogen-bond acceptors (Lipinski definition) is 7. The molecule has 0 bridgehead atoms. The molecule has 2 heterocycles. The molecule has 2 saturated heterocycles. The van der Waals surface area contributed by atoms with Gasteiger partial charge in [-0.15, -0.1) is 0 Å². The number of carbonyl (C=O) groups is 2. The number of amides is 2. The minimum absolute atomic E-state index is 0.318. The quantitative estimate of drug-likeness (QED) is 0.613. The summed E-state index contributed by atoms with van der Waals surface area (Å²) in [5.41, 5.74) is 1.24. The highest BCUT2D eigenvalue weighted by Crippen LogP contribution is 2.39. The van der Waals surface area contributed by atoms with Gasteiger partial charge in [0.25, 0.3) is 0 Å². The fourth-order valence-electron chi connectivity index (χ4n) is 4.45. The van der Waals surface area contributed by atoms with Gasteiger partial charge in [0.1, 0.15) is 11.4 Å². The number of benzene rings is 1. The summed E-state index contributed by atoms with van der Waals surface area (Å²) >= 11 is 0. The Labute approximate surface area is 203 Å². The Hall–Kier alpha value is -2.78. The van der Waals surface area contributed by atoms with E-state index in [9.17, 15) is 9.59 Å². The number of anilines is 3. The smallest absolute Gasteiger partial charge is 0.412 e. The van der Waals surface area contributed by atoms with Crippen LogP contribution in [0.15, 0.2) is 24.8 Å². The molecule has 1 aromatic carbocycles. The van der Waals surface area contributed by atoms with E-state index in [1.54, 1.807) is 33.9 Å². The van der Waals surface area contributed by atoms with Crippen molar-refractivity contribution in [3.8, 4) is 5.75 Å². The number of piperidine rings is 1. The van der Waals surface area contributed by atoms with Crippen LogP contribution in [0.2, 0.25) is 0 Å². The monoisotopic (exact) mass is 473 g/mol. The molecular formula is C25H39N5O4. The molecule has 1 aromatic rings. The molecule has 0 aliphatic carbocycles. The molecule has 9 heteroatoms. The first kappa shape index (κ1) is 25.8. The molecule has 0 saturated carbocycles. The molecule has 2 fully saturated rings. The van der Waals surface area contributed by atoms with Gasteiger partial charge in [0.2, 0.25) is 5.91 Å². The maximum absolute atomic E-state index is 12.4. The second-order valence-electron chi connectivity index (χ2n) is 9.95. The molecule has 3 rings (SSSR count). The van der Waals surface area contributed by atoms with Crippen molar-refractivity contribution < 1.29 is 19.1 Å². The van der Waals surface area contributed by atoms with Crippen LogP contribution in [-0.4, -0.2) is 86.9 Å². The van der Waals surface area contributed by atoms with E-state index in [4.69, 9.17) is 9.47 Å². The summed E-state index contributed by atoms with van der Waals surface area (Å²) in [6.07, 6.45) is 2.75. The van der Waals surface area contributed by atoms with Gasteiger partial charge in [0.05, 0.1) is 24.2 Å². The fraction of sp³-hybridized carbons (Fsp3) is 0.600. The molecule has 2 aliphatic heterocycles. The number of carbonyl (C=O) groups excluding carboxylic acids is 2. The Kier molecular flexibility index (Phi) is 8.43. The van der Waals surface area contributed by atoms with Gasteiger partial charge in [-0.1, -0.05) is 6.58 Å². The normalized spacial score (nSPS) is 18.3. The highest BCUT2D eigenvalue weighted by atomic mass is 16.6. The van der Waals surface area contributed by atoms with E-state index < -0.39 is 11.7 Å². The van der Waals surface area contributed by atoms with Gasteiger partial charge >= 0.3 is 6.09 Å². The predicted octanol–water partition coefficient (Wildman–Crippen LogP) is 3.38. The average molecular weight is 474 g/mol. The van der Waals surface area contributed by atoms with Gasteiger partial charge < -0.3 is 24.6 Å². The molecule has 0 aromatic heterocycles. The van der Waals surface area contributed by atoms with Crippen LogP contribution in [0.5, 0.6) is 5.75 Å². The number of likely N-dealkylation sites (N-methyl/N-ethyl adjacent to an activating group) is 1. The second-order valence-corrected chi connectivity index (χ2v) is 9.95. The molecule has 2 amide bonds. The zero-order valence-electron chi connectivity index (χ0n) is 21.1. The van der Waals surface area contributed by atoms with Gasteiger partial charge in [0, 0.05) is 51.4 Å². The van der Waals surface area contributed by atoms with E-state index >= 15 is 0 Å². The van der Waals surface area contributed by atoms with Gasteiger partial charge in [-0.2, -0.15) is 0 Å². The molecule has 0 atom stereocenters. The van der Waals surface area contributed by atoms with Crippen LogP contribution in [0.4, 0.5) is 21.9 Å². The first-order valence-electron chi connectivity index (χ1n) is 11.9. The SMILES string of the molecule is C=CC(=O)Nc1cc(NC(=O)OC(C)(C)C)c(OC)cc1N1CCC(N2CCN(C)CC2)CC1. The topological polar surface area (TPSA) is 86.4 Å². The number of methoxy groups -OCH3 is 1. The zero-order valence-corrected chi connectivity index (χ0v) is 21.1. The maximum Gasteiger partial charge on any atom is 0.412 e. The van der Waals surface area contributed by atoms with Gasteiger partial charge in [-0.3, -0.25) is 15.0 Å².